The fraction of sp³-hybridized carbons (Fsp3) is 0.500. The molecule has 0 saturated heterocycles. The molecule has 0 aliphatic rings. The van der Waals surface area contributed by atoms with Crippen LogP contribution in [0.5, 0.6) is 5.06 Å². The van der Waals surface area contributed by atoms with E-state index < -0.39 is 12.1 Å². The minimum Gasteiger partial charge on any atom is -0.411 e. The molecule has 5 heteroatoms. The summed E-state index contributed by atoms with van der Waals surface area (Å²) in [5.41, 5.74) is 2.26. The summed E-state index contributed by atoms with van der Waals surface area (Å²) in [5.74, 6) is -0.616. The molecule has 0 bridgehead atoms. The first-order valence-electron chi connectivity index (χ1n) is 3.95. The molecule has 1 rings (SSSR count). The highest BCUT2D eigenvalue weighted by Gasteiger charge is 2.16. The molecule has 1 N–H and O–H groups in total. The van der Waals surface area contributed by atoms with E-state index in [0.29, 0.717) is 17.2 Å². The van der Waals surface area contributed by atoms with Crippen LogP contribution < -0.4 is 4.74 Å². The molecule has 4 nitrogen and oxygen atoms in total. The Labute approximate surface area is 80.2 Å². The second kappa shape index (κ2) is 4.34. The standard InChI is InChI=1S/C8H11NO3S/c1-3-6(10)7(11)12-8-5(2)9-4-13-8/h4,6,10H,3H2,1-2H3. The summed E-state index contributed by atoms with van der Waals surface area (Å²) in [6.07, 6.45) is -0.682. The number of aryl methyl sites for hydroxylation is 1. The Morgan fingerprint density at radius 2 is 2.54 bits per heavy atom. The van der Waals surface area contributed by atoms with Crippen LogP contribution >= 0.6 is 11.3 Å². The molecule has 0 fully saturated rings. The maximum Gasteiger partial charge on any atom is 0.341 e. The Bertz CT molecular complexity index is 297. The van der Waals surface area contributed by atoms with E-state index in [4.69, 9.17) is 9.84 Å². The Hall–Kier alpha value is -0.940. The van der Waals surface area contributed by atoms with E-state index in [9.17, 15) is 4.79 Å². The van der Waals surface area contributed by atoms with E-state index in [0.717, 1.165) is 0 Å². The quantitative estimate of drug-likeness (QED) is 0.745. The number of carbonyl (C=O) groups excluding carboxylic acids is 1. The maximum absolute atomic E-state index is 11.1. The van der Waals surface area contributed by atoms with Crippen LogP contribution in [-0.2, 0) is 4.79 Å². The molecule has 1 aromatic heterocycles. The minimum absolute atomic E-state index is 0.358. The van der Waals surface area contributed by atoms with Gasteiger partial charge >= 0.3 is 5.97 Å². The molecular formula is C8H11NO3S. The van der Waals surface area contributed by atoms with Crippen LogP contribution in [-0.4, -0.2) is 22.2 Å². The molecule has 1 aromatic rings. The van der Waals surface area contributed by atoms with Crippen molar-refractivity contribution in [1.82, 2.24) is 4.98 Å². The van der Waals surface area contributed by atoms with Crippen molar-refractivity contribution < 1.29 is 14.6 Å². The second-order valence-corrected chi connectivity index (χ2v) is 3.39. The first-order valence-corrected chi connectivity index (χ1v) is 4.83. The number of aliphatic hydroxyl groups is 1. The summed E-state index contributed by atoms with van der Waals surface area (Å²) in [6.45, 7) is 3.46. The van der Waals surface area contributed by atoms with Crippen LogP contribution in [0.4, 0.5) is 0 Å². The average molecular weight is 201 g/mol. The number of hydrogen-bond acceptors (Lipinski definition) is 5. The van der Waals surface area contributed by atoms with Gasteiger partial charge in [0.15, 0.2) is 6.10 Å². The van der Waals surface area contributed by atoms with Crippen LogP contribution in [0.3, 0.4) is 0 Å². The lowest BCUT2D eigenvalue weighted by molar-refractivity contribution is -0.143. The molecule has 1 atom stereocenters. The molecule has 0 radical (unpaired) electrons. The third kappa shape index (κ3) is 2.50. The van der Waals surface area contributed by atoms with Gasteiger partial charge in [0.05, 0.1) is 11.2 Å². The highest BCUT2D eigenvalue weighted by molar-refractivity contribution is 7.11. The van der Waals surface area contributed by atoms with Crippen LogP contribution in [0.1, 0.15) is 19.0 Å². The molecule has 1 heterocycles. The summed E-state index contributed by atoms with van der Waals surface area (Å²) >= 11 is 1.24. The monoisotopic (exact) mass is 201 g/mol. The van der Waals surface area contributed by atoms with E-state index in [1.165, 1.54) is 11.3 Å². The lowest BCUT2D eigenvalue weighted by Gasteiger charge is -2.05. The topological polar surface area (TPSA) is 59.4 Å². The number of esters is 1. The van der Waals surface area contributed by atoms with Gasteiger partial charge in [-0.25, -0.2) is 9.78 Å². The Morgan fingerprint density at radius 3 is 3.00 bits per heavy atom. The number of ether oxygens (including phenoxy) is 1. The summed E-state index contributed by atoms with van der Waals surface area (Å²) in [4.78, 5) is 15.0. The molecular weight excluding hydrogens is 190 g/mol. The van der Waals surface area contributed by atoms with Crippen LogP contribution in [0.15, 0.2) is 5.51 Å². The molecule has 1 unspecified atom stereocenters. The molecule has 13 heavy (non-hydrogen) atoms. The summed E-state index contributed by atoms with van der Waals surface area (Å²) in [6, 6.07) is 0. The summed E-state index contributed by atoms with van der Waals surface area (Å²) in [7, 11) is 0. The van der Waals surface area contributed by atoms with Gasteiger partial charge in [0.25, 0.3) is 0 Å². The third-order valence-electron chi connectivity index (χ3n) is 1.55. The largest absolute Gasteiger partial charge is 0.411 e. The molecule has 0 amide bonds. The summed E-state index contributed by atoms with van der Waals surface area (Å²) < 4.78 is 4.90. The van der Waals surface area contributed by atoms with Crippen molar-refractivity contribution in [3.8, 4) is 5.06 Å². The van der Waals surface area contributed by atoms with Crippen LogP contribution in [0, 0.1) is 6.92 Å². The van der Waals surface area contributed by atoms with E-state index in [2.05, 4.69) is 4.98 Å². The average Bonchev–Trinajstić information content (AvgIpc) is 2.50. The Kier molecular flexibility index (Phi) is 3.39. The molecule has 72 valence electrons. The second-order valence-electron chi connectivity index (χ2n) is 2.57. The van der Waals surface area contributed by atoms with Crippen molar-refractivity contribution >= 4 is 17.3 Å². The lowest BCUT2D eigenvalue weighted by atomic mass is 10.3. The molecule has 0 aromatic carbocycles. The zero-order valence-corrected chi connectivity index (χ0v) is 8.30. The molecule has 0 aliphatic heterocycles. The van der Waals surface area contributed by atoms with E-state index in [-0.39, 0.29) is 0 Å². The van der Waals surface area contributed by atoms with Crippen molar-refractivity contribution in [2.75, 3.05) is 0 Å². The third-order valence-corrected chi connectivity index (χ3v) is 2.36. The highest BCUT2D eigenvalue weighted by Crippen LogP contribution is 2.22. The minimum atomic E-state index is -1.04. The first-order chi connectivity index (χ1) is 6.15. The zero-order valence-electron chi connectivity index (χ0n) is 7.48. The van der Waals surface area contributed by atoms with Gasteiger partial charge in [-0.1, -0.05) is 18.3 Å². The predicted octanol–water partition coefficient (Wildman–Crippen LogP) is 1.13. The SMILES string of the molecule is CCC(O)C(=O)Oc1scnc1C. The first kappa shape index (κ1) is 10.1. The van der Waals surface area contributed by atoms with Gasteiger partial charge in [-0.3, -0.25) is 0 Å². The maximum atomic E-state index is 11.1. The van der Waals surface area contributed by atoms with E-state index in [1.807, 2.05) is 0 Å². The van der Waals surface area contributed by atoms with Crippen LogP contribution in [0.25, 0.3) is 0 Å². The van der Waals surface area contributed by atoms with Gasteiger partial charge in [0.1, 0.15) is 0 Å². The van der Waals surface area contributed by atoms with Gasteiger partial charge in [0, 0.05) is 0 Å². The predicted molar refractivity (Wildman–Crippen MR) is 48.8 cm³/mol. The van der Waals surface area contributed by atoms with Gasteiger partial charge in [-0.2, -0.15) is 0 Å². The molecule has 0 aliphatic carbocycles. The number of aromatic nitrogens is 1. The van der Waals surface area contributed by atoms with Gasteiger partial charge < -0.3 is 9.84 Å². The van der Waals surface area contributed by atoms with Crippen molar-refractivity contribution in [1.29, 1.82) is 0 Å². The van der Waals surface area contributed by atoms with E-state index in [1.54, 1.807) is 19.4 Å². The van der Waals surface area contributed by atoms with E-state index >= 15 is 0 Å². The van der Waals surface area contributed by atoms with Gasteiger partial charge in [0.2, 0.25) is 5.06 Å². The fourth-order valence-electron chi connectivity index (χ4n) is 0.715. The summed E-state index contributed by atoms with van der Waals surface area (Å²) in [5, 5.41) is 9.58. The Balaban J connectivity index is 2.60. The molecule has 0 saturated carbocycles. The van der Waals surface area contributed by atoms with Gasteiger partial charge in [-0.15, -0.1) is 0 Å². The Morgan fingerprint density at radius 1 is 1.85 bits per heavy atom. The number of nitrogens with zero attached hydrogens (tertiary/aromatic N) is 1. The number of thiazole rings is 1. The lowest BCUT2D eigenvalue weighted by Crippen LogP contribution is -2.24. The highest BCUT2D eigenvalue weighted by atomic mass is 32.1. The number of rotatable bonds is 3. The van der Waals surface area contributed by atoms with Crippen molar-refractivity contribution in [3.05, 3.63) is 11.2 Å². The fourth-order valence-corrected chi connectivity index (χ4v) is 1.38. The molecule has 0 spiro atoms. The number of hydrogen-bond donors (Lipinski definition) is 1. The number of aliphatic hydroxyl groups excluding tert-OH is 1. The van der Waals surface area contributed by atoms with Crippen molar-refractivity contribution in [3.63, 3.8) is 0 Å². The van der Waals surface area contributed by atoms with Crippen molar-refractivity contribution in [2.45, 2.75) is 26.4 Å². The smallest absolute Gasteiger partial charge is 0.341 e. The zero-order chi connectivity index (χ0) is 9.84. The van der Waals surface area contributed by atoms with Crippen molar-refractivity contribution in [2.24, 2.45) is 0 Å². The van der Waals surface area contributed by atoms with Crippen LogP contribution in [0.2, 0.25) is 0 Å². The number of carbonyl (C=O) groups is 1. The normalized spacial score (nSPS) is 12.5. The van der Waals surface area contributed by atoms with Gasteiger partial charge in [-0.05, 0) is 13.3 Å².